The summed E-state index contributed by atoms with van der Waals surface area (Å²) >= 11 is 3.15. The van der Waals surface area contributed by atoms with Gasteiger partial charge in [0, 0.05) is 23.1 Å². The zero-order valence-electron chi connectivity index (χ0n) is 11.9. The van der Waals surface area contributed by atoms with Gasteiger partial charge in [-0.15, -0.1) is 0 Å². The number of hydrogen-bond acceptors (Lipinski definition) is 5. The van der Waals surface area contributed by atoms with Crippen LogP contribution < -0.4 is 10.5 Å². The molecule has 7 nitrogen and oxygen atoms in total. The Balaban J connectivity index is 2.33. The van der Waals surface area contributed by atoms with E-state index in [1.54, 1.807) is 0 Å². The van der Waals surface area contributed by atoms with Crippen LogP contribution in [0.4, 0.5) is 5.69 Å². The molecule has 22 heavy (non-hydrogen) atoms. The van der Waals surface area contributed by atoms with E-state index in [4.69, 9.17) is 5.73 Å². The second-order valence-electron chi connectivity index (χ2n) is 5.38. The van der Waals surface area contributed by atoms with Gasteiger partial charge in [-0.3, -0.25) is 10.1 Å². The first-order valence-electron chi connectivity index (χ1n) is 7.01. The van der Waals surface area contributed by atoms with Gasteiger partial charge in [0.05, 0.1) is 4.92 Å². The van der Waals surface area contributed by atoms with Gasteiger partial charge >= 0.3 is 0 Å². The Labute approximate surface area is 137 Å². The van der Waals surface area contributed by atoms with E-state index in [0.717, 1.165) is 25.7 Å². The molecule has 9 heteroatoms. The van der Waals surface area contributed by atoms with Crippen LogP contribution in [-0.2, 0) is 10.0 Å². The summed E-state index contributed by atoms with van der Waals surface area (Å²) in [6.45, 7) is 0.172. The maximum Gasteiger partial charge on any atom is 0.289 e. The predicted molar refractivity (Wildman–Crippen MR) is 85.9 cm³/mol. The summed E-state index contributed by atoms with van der Waals surface area (Å²) < 4.78 is 28.1. The Morgan fingerprint density at radius 2 is 2.05 bits per heavy atom. The highest BCUT2D eigenvalue weighted by atomic mass is 79.9. The third-order valence-electron chi connectivity index (χ3n) is 3.94. The molecule has 0 saturated heterocycles. The summed E-state index contributed by atoms with van der Waals surface area (Å²) in [5.74, 6) is 0.186. The van der Waals surface area contributed by atoms with Gasteiger partial charge in [0.25, 0.3) is 5.69 Å². The standard InChI is InChI=1S/C13H18BrN3O4S/c14-10-5-6-12(17(18)19)13(7-10)22(20,21)16-11(8-15)9-3-1-2-4-9/h5-7,9,11,16H,1-4,8,15H2. The van der Waals surface area contributed by atoms with Gasteiger partial charge in [-0.2, -0.15) is 0 Å². The molecule has 1 aromatic rings. The highest BCUT2D eigenvalue weighted by Crippen LogP contribution is 2.30. The van der Waals surface area contributed by atoms with E-state index >= 15 is 0 Å². The molecular weight excluding hydrogens is 374 g/mol. The lowest BCUT2D eigenvalue weighted by Gasteiger charge is -2.22. The molecule has 0 heterocycles. The predicted octanol–water partition coefficient (Wildman–Crippen LogP) is 2.15. The minimum Gasteiger partial charge on any atom is -0.329 e. The number of sulfonamides is 1. The van der Waals surface area contributed by atoms with Crippen LogP contribution in [0.1, 0.15) is 25.7 Å². The van der Waals surface area contributed by atoms with Crippen LogP contribution in [0.25, 0.3) is 0 Å². The third kappa shape index (κ3) is 3.83. The molecule has 1 aliphatic carbocycles. The van der Waals surface area contributed by atoms with E-state index < -0.39 is 26.7 Å². The van der Waals surface area contributed by atoms with Crippen molar-refractivity contribution in [3.63, 3.8) is 0 Å². The average Bonchev–Trinajstić information content (AvgIpc) is 2.98. The minimum atomic E-state index is -4.01. The minimum absolute atomic E-state index is 0.172. The summed E-state index contributed by atoms with van der Waals surface area (Å²) in [6.07, 6.45) is 3.95. The fraction of sp³-hybridized carbons (Fsp3) is 0.538. The zero-order chi connectivity index (χ0) is 16.3. The fourth-order valence-electron chi connectivity index (χ4n) is 2.81. The SMILES string of the molecule is NCC(NS(=O)(=O)c1cc(Br)ccc1[N+](=O)[O-])C1CCCC1. The molecule has 2 rings (SSSR count). The highest BCUT2D eigenvalue weighted by Gasteiger charge is 2.32. The molecule has 1 atom stereocenters. The molecule has 0 radical (unpaired) electrons. The Hall–Kier alpha value is -1.03. The second kappa shape index (κ2) is 7.03. The lowest BCUT2D eigenvalue weighted by atomic mass is 9.99. The number of halogens is 1. The normalized spacial score (nSPS) is 17.5. The molecule has 1 unspecified atom stereocenters. The summed E-state index contributed by atoms with van der Waals surface area (Å²) in [6, 6.07) is 3.45. The molecule has 122 valence electrons. The van der Waals surface area contributed by atoms with Gasteiger partial charge in [0.1, 0.15) is 0 Å². The van der Waals surface area contributed by atoms with E-state index in [1.165, 1.54) is 18.2 Å². The van der Waals surface area contributed by atoms with Gasteiger partial charge in [-0.25, -0.2) is 13.1 Å². The molecule has 1 fully saturated rings. The van der Waals surface area contributed by atoms with Gasteiger partial charge in [-0.1, -0.05) is 28.8 Å². The fourth-order valence-corrected chi connectivity index (χ4v) is 4.84. The molecule has 3 N–H and O–H groups in total. The quantitative estimate of drug-likeness (QED) is 0.569. The Bertz CT molecular complexity index is 659. The first-order chi connectivity index (χ1) is 10.3. The molecule has 0 bridgehead atoms. The maximum absolute atomic E-state index is 12.5. The molecule has 0 spiro atoms. The second-order valence-corrected chi connectivity index (χ2v) is 7.98. The summed E-state index contributed by atoms with van der Waals surface area (Å²) in [5, 5.41) is 11.1. The highest BCUT2D eigenvalue weighted by molar-refractivity contribution is 9.10. The molecular formula is C13H18BrN3O4S. The molecule has 1 saturated carbocycles. The van der Waals surface area contributed by atoms with Crippen molar-refractivity contribution in [1.29, 1.82) is 0 Å². The lowest BCUT2D eigenvalue weighted by molar-refractivity contribution is -0.387. The molecule has 1 aliphatic rings. The third-order valence-corrected chi connectivity index (χ3v) is 5.95. The maximum atomic E-state index is 12.5. The van der Waals surface area contributed by atoms with Gasteiger partial charge < -0.3 is 5.73 Å². The Kier molecular flexibility index (Phi) is 5.54. The Morgan fingerprint density at radius 1 is 1.41 bits per heavy atom. The number of nitrogens with one attached hydrogen (secondary N) is 1. The van der Waals surface area contributed by atoms with Crippen molar-refractivity contribution in [1.82, 2.24) is 4.72 Å². The van der Waals surface area contributed by atoms with Crippen molar-refractivity contribution < 1.29 is 13.3 Å². The molecule has 0 aliphatic heterocycles. The number of hydrogen-bond donors (Lipinski definition) is 2. The summed E-state index contributed by atoms with van der Waals surface area (Å²) in [5.41, 5.74) is 5.25. The van der Waals surface area contributed by atoms with Crippen molar-refractivity contribution in [2.75, 3.05) is 6.54 Å². The van der Waals surface area contributed by atoms with Crippen LogP contribution in [0, 0.1) is 16.0 Å². The van der Waals surface area contributed by atoms with Gasteiger partial charge in [-0.05, 0) is 30.9 Å². The first-order valence-corrected chi connectivity index (χ1v) is 9.29. The van der Waals surface area contributed by atoms with E-state index in [0.29, 0.717) is 4.47 Å². The van der Waals surface area contributed by atoms with Crippen LogP contribution in [-0.4, -0.2) is 25.9 Å². The number of nitro benzene ring substituents is 1. The van der Waals surface area contributed by atoms with E-state index in [9.17, 15) is 18.5 Å². The summed E-state index contributed by atoms with van der Waals surface area (Å²) in [7, 11) is -4.01. The molecule has 0 aromatic heterocycles. The van der Waals surface area contributed by atoms with Crippen molar-refractivity contribution >= 4 is 31.6 Å². The number of nitrogens with two attached hydrogens (primary N) is 1. The molecule has 0 amide bonds. The Morgan fingerprint density at radius 3 is 2.59 bits per heavy atom. The monoisotopic (exact) mass is 391 g/mol. The number of nitrogens with zero attached hydrogens (tertiary/aromatic N) is 1. The van der Waals surface area contributed by atoms with Crippen LogP contribution in [0.3, 0.4) is 0 Å². The van der Waals surface area contributed by atoms with Crippen molar-refractivity contribution in [2.24, 2.45) is 11.7 Å². The van der Waals surface area contributed by atoms with Crippen LogP contribution in [0.5, 0.6) is 0 Å². The average molecular weight is 392 g/mol. The summed E-state index contributed by atoms with van der Waals surface area (Å²) in [4.78, 5) is 10.0. The number of rotatable bonds is 6. The number of benzene rings is 1. The molecule has 1 aromatic carbocycles. The number of nitro groups is 1. The topological polar surface area (TPSA) is 115 Å². The van der Waals surface area contributed by atoms with E-state index in [-0.39, 0.29) is 17.4 Å². The van der Waals surface area contributed by atoms with Crippen LogP contribution in [0.2, 0.25) is 0 Å². The van der Waals surface area contributed by atoms with Gasteiger partial charge in [0.15, 0.2) is 4.90 Å². The smallest absolute Gasteiger partial charge is 0.289 e. The van der Waals surface area contributed by atoms with E-state index in [1.807, 2.05) is 0 Å². The van der Waals surface area contributed by atoms with Crippen molar-refractivity contribution in [3.8, 4) is 0 Å². The van der Waals surface area contributed by atoms with Crippen LogP contribution >= 0.6 is 15.9 Å². The lowest BCUT2D eigenvalue weighted by Crippen LogP contribution is -2.44. The van der Waals surface area contributed by atoms with Crippen molar-refractivity contribution in [3.05, 3.63) is 32.8 Å². The first kappa shape index (κ1) is 17.3. The zero-order valence-corrected chi connectivity index (χ0v) is 14.3. The van der Waals surface area contributed by atoms with Crippen molar-refractivity contribution in [2.45, 2.75) is 36.6 Å². The largest absolute Gasteiger partial charge is 0.329 e. The van der Waals surface area contributed by atoms with Gasteiger partial charge in [0.2, 0.25) is 10.0 Å². The van der Waals surface area contributed by atoms with Crippen LogP contribution in [0.15, 0.2) is 27.6 Å². The van der Waals surface area contributed by atoms with E-state index in [2.05, 4.69) is 20.7 Å².